The van der Waals surface area contributed by atoms with Crippen LogP contribution in [0.3, 0.4) is 0 Å². The fourth-order valence-electron chi connectivity index (χ4n) is 3.85. The number of benzene rings is 1. The first kappa shape index (κ1) is 22.6. The van der Waals surface area contributed by atoms with Crippen LogP contribution in [-0.4, -0.2) is 63.9 Å². The first-order chi connectivity index (χ1) is 14.6. The topological polar surface area (TPSA) is 58.1 Å². The molecule has 2 atom stereocenters. The van der Waals surface area contributed by atoms with Crippen LogP contribution in [0.2, 0.25) is 0 Å². The molecule has 164 valence electrons. The molecular weight excluding hydrogens is 396 g/mol. The Bertz CT molecular complexity index is 810. The van der Waals surface area contributed by atoms with Crippen molar-refractivity contribution in [3.63, 3.8) is 0 Å². The molecule has 1 saturated heterocycles. The van der Waals surface area contributed by atoms with Crippen molar-refractivity contribution >= 4 is 17.3 Å². The first-order valence-corrected chi connectivity index (χ1v) is 11.5. The van der Waals surface area contributed by atoms with Crippen molar-refractivity contribution < 1.29 is 9.47 Å². The van der Waals surface area contributed by atoms with Crippen molar-refractivity contribution in [2.45, 2.75) is 32.4 Å². The molecule has 0 spiro atoms. The summed E-state index contributed by atoms with van der Waals surface area (Å²) in [6.07, 6.45) is 1.14. The summed E-state index contributed by atoms with van der Waals surface area (Å²) in [5.74, 6) is 1.76. The van der Waals surface area contributed by atoms with Gasteiger partial charge < -0.3 is 20.1 Å². The molecule has 0 bridgehead atoms. The van der Waals surface area contributed by atoms with E-state index in [1.807, 2.05) is 24.5 Å². The zero-order valence-electron chi connectivity index (χ0n) is 18.5. The van der Waals surface area contributed by atoms with E-state index in [1.54, 1.807) is 7.11 Å². The summed E-state index contributed by atoms with van der Waals surface area (Å²) < 4.78 is 11.2. The summed E-state index contributed by atoms with van der Waals surface area (Å²) in [7, 11) is 3.54. The molecule has 1 aromatic carbocycles. The number of aryl methyl sites for hydroxylation is 1. The highest BCUT2D eigenvalue weighted by molar-refractivity contribution is 7.10. The van der Waals surface area contributed by atoms with E-state index >= 15 is 0 Å². The fourth-order valence-corrected chi connectivity index (χ4v) is 4.71. The number of nitrogens with zero attached hydrogens (tertiary/aromatic N) is 2. The molecule has 2 aromatic rings. The molecule has 0 aliphatic carbocycles. The van der Waals surface area contributed by atoms with Gasteiger partial charge in [-0.25, -0.2) is 0 Å². The van der Waals surface area contributed by atoms with E-state index in [-0.39, 0.29) is 6.10 Å². The molecule has 2 N–H and O–H groups in total. The predicted molar refractivity (Wildman–Crippen MR) is 125 cm³/mol. The summed E-state index contributed by atoms with van der Waals surface area (Å²) in [5, 5.41) is 9.12. The molecule has 1 fully saturated rings. The van der Waals surface area contributed by atoms with E-state index < -0.39 is 0 Å². The molecule has 30 heavy (non-hydrogen) atoms. The Morgan fingerprint density at radius 2 is 2.23 bits per heavy atom. The van der Waals surface area contributed by atoms with Crippen LogP contribution < -0.4 is 15.4 Å². The van der Waals surface area contributed by atoms with Crippen LogP contribution in [0.1, 0.15) is 29.0 Å². The second-order valence-corrected chi connectivity index (χ2v) is 8.63. The van der Waals surface area contributed by atoms with Gasteiger partial charge in [-0.3, -0.25) is 9.89 Å². The third-order valence-electron chi connectivity index (χ3n) is 5.39. The minimum atomic E-state index is 0.267. The number of guanidine groups is 1. The van der Waals surface area contributed by atoms with Gasteiger partial charge in [0, 0.05) is 38.1 Å². The number of hydrogen-bond donors (Lipinski definition) is 2. The molecule has 1 aromatic heterocycles. The lowest BCUT2D eigenvalue weighted by Crippen LogP contribution is -2.48. The van der Waals surface area contributed by atoms with E-state index in [1.165, 1.54) is 16.0 Å². The number of nitrogens with one attached hydrogen (secondary N) is 2. The highest BCUT2D eigenvalue weighted by Crippen LogP contribution is 2.26. The smallest absolute Gasteiger partial charge is 0.191 e. The Hall–Kier alpha value is -2.09. The quantitative estimate of drug-likeness (QED) is 0.497. The van der Waals surface area contributed by atoms with Gasteiger partial charge in [0.2, 0.25) is 0 Å². The second-order valence-electron chi connectivity index (χ2n) is 7.65. The minimum absolute atomic E-state index is 0.267. The minimum Gasteiger partial charge on any atom is -0.496 e. The molecule has 0 saturated carbocycles. The summed E-state index contributed by atoms with van der Waals surface area (Å²) in [6, 6.07) is 11.0. The number of aliphatic imine (C=N–C) groups is 1. The van der Waals surface area contributed by atoms with Gasteiger partial charge in [0.05, 0.1) is 25.9 Å². The molecule has 1 aliphatic rings. The van der Waals surface area contributed by atoms with Crippen LogP contribution in [0.15, 0.2) is 40.7 Å². The Morgan fingerprint density at radius 1 is 1.37 bits per heavy atom. The molecule has 6 nitrogen and oxygen atoms in total. The van der Waals surface area contributed by atoms with E-state index in [2.05, 4.69) is 64.0 Å². The van der Waals surface area contributed by atoms with Crippen LogP contribution in [0.5, 0.6) is 5.75 Å². The zero-order chi connectivity index (χ0) is 21.3. The molecule has 1 aliphatic heterocycles. The van der Waals surface area contributed by atoms with Crippen molar-refractivity contribution in [1.82, 2.24) is 15.5 Å². The van der Waals surface area contributed by atoms with Gasteiger partial charge in [0.1, 0.15) is 5.75 Å². The zero-order valence-corrected chi connectivity index (χ0v) is 19.3. The molecule has 2 heterocycles. The maximum absolute atomic E-state index is 5.74. The van der Waals surface area contributed by atoms with E-state index in [9.17, 15) is 0 Å². The Labute approximate surface area is 184 Å². The van der Waals surface area contributed by atoms with Gasteiger partial charge in [0.25, 0.3) is 0 Å². The van der Waals surface area contributed by atoms with Crippen LogP contribution in [0, 0.1) is 6.92 Å². The van der Waals surface area contributed by atoms with E-state index in [0.717, 1.165) is 50.9 Å². The average Bonchev–Trinajstić information content (AvgIpc) is 3.27. The van der Waals surface area contributed by atoms with Gasteiger partial charge in [-0.1, -0.05) is 23.8 Å². The SMILES string of the molecule is CN=C(NCCc1cc(C)ccc1OC)NCC(c1cccs1)N1CCOC(C)C1. The van der Waals surface area contributed by atoms with Gasteiger partial charge in [-0.05, 0) is 43.3 Å². The van der Waals surface area contributed by atoms with Gasteiger partial charge >= 0.3 is 0 Å². The van der Waals surface area contributed by atoms with E-state index in [4.69, 9.17) is 9.47 Å². The summed E-state index contributed by atoms with van der Waals surface area (Å²) in [4.78, 5) is 8.30. The highest BCUT2D eigenvalue weighted by atomic mass is 32.1. The van der Waals surface area contributed by atoms with E-state index in [0.29, 0.717) is 6.04 Å². The summed E-state index contributed by atoms with van der Waals surface area (Å²) >= 11 is 1.81. The van der Waals surface area contributed by atoms with Crippen LogP contribution in [0.4, 0.5) is 0 Å². The third kappa shape index (κ3) is 6.20. The number of methoxy groups -OCH3 is 1. The number of rotatable bonds is 8. The number of thiophene rings is 1. The lowest BCUT2D eigenvalue weighted by atomic mass is 10.1. The summed E-state index contributed by atoms with van der Waals surface area (Å²) in [5.41, 5.74) is 2.45. The predicted octanol–water partition coefficient (Wildman–Crippen LogP) is 3.23. The Morgan fingerprint density at radius 3 is 2.93 bits per heavy atom. The largest absolute Gasteiger partial charge is 0.496 e. The first-order valence-electron chi connectivity index (χ1n) is 10.6. The van der Waals surface area contributed by atoms with Gasteiger partial charge in [-0.2, -0.15) is 0 Å². The van der Waals surface area contributed by atoms with Crippen molar-refractivity contribution in [1.29, 1.82) is 0 Å². The molecule has 2 unspecified atom stereocenters. The molecule has 0 amide bonds. The van der Waals surface area contributed by atoms with Gasteiger partial charge in [0.15, 0.2) is 5.96 Å². The van der Waals surface area contributed by atoms with Crippen molar-refractivity contribution in [3.05, 3.63) is 51.7 Å². The lowest BCUT2D eigenvalue weighted by molar-refractivity contribution is -0.0334. The number of morpholine rings is 1. The van der Waals surface area contributed by atoms with Crippen molar-refractivity contribution in [2.75, 3.05) is 46.9 Å². The Kier molecular flexibility index (Phi) is 8.54. The second kappa shape index (κ2) is 11.3. The lowest BCUT2D eigenvalue weighted by Gasteiger charge is -2.37. The fraction of sp³-hybridized carbons (Fsp3) is 0.522. The third-order valence-corrected chi connectivity index (χ3v) is 6.37. The monoisotopic (exact) mass is 430 g/mol. The molecule has 3 rings (SSSR count). The van der Waals surface area contributed by atoms with Crippen molar-refractivity contribution in [2.24, 2.45) is 4.99 Å². The molecule has 0 radical (unpaired) electrons. The maximum atomic E-state index is 5.74. The highest BCUT2D eigenvalue weighted by Gasteiger charge is 2.26. The maximum Gasteiger partial charge on any atom is 0.191 e. The average molecular weight is 431 g/mol. The van der Waals surface area contributed by atoms with Gasteiger partial charge in [-0.15, -0.1) is 11.3 Å². The van der Waals surface area contributed by atoms with Crippen LogP contribution in [-0.2, 0) is 11.2 Å². The standard InChI is InChI=1S/C23H34N4O2S/c1-17-7-8-21(28-4)19(14-17)9-10-25-23(24-3)26-15-20(22-6-5-13-30-22)27-11-12-29-18(2)16-27/h5-8,13-14,18,20H,9-12,15-16H2,1-4H3,(H2,24,25,26). The normalized spacial score (nSPS) is 18.8. The van der Waals surface area contributed by atoms with Crippen molar-refractivity contribution in [3.8, 4) is 5.75 Å². The van der Waals surface area contributed by atoms with Crippen LogP contribution in [0.25, 0.3) is 0 Å². The molecule has 7 heteroatoms. The summed E-state index contributed by atoms with van der Waals surface area (Å²) in [6.45, 7) is 8.53. The Balaban J connectivity index is 1.56. The number of ether oxygens (including phenoxy) is 2. The molecular formula is C23H34N4O2S. The van der Waals surface area contributed by atoms with Crippen LogP contribution >= 0.6 is 11.3 Å². The number of hydrogen-bond acceptors (Lipinski definition) is 5.